The minimum absolute atomic E-state index is 0.0886. The van der Waals surface area contributed by atoms with E-state index in [9.17, 15) is 24.5 Å². The van der Waals surface area contributed by atoms with Gasteiger partial charge in [-0.1, -0.05) is 60.1 Å². The molecular formula is C23H15ClN4O6. The van der Waals surface area contributed by atoms with Gasteiger partial charge in [0.2, 0.25) is 6.10 Å². The number of nitro benzene ring substituents is 1. The molecule has 0 spiro atoms. The van der Waals surface area contributed by atoms with Crippen LogP contribution in [0.15, 0.2) is 77.6 Å². The number of halogens is 1. The minimum Gasteiger partial charge on any atom is -0.442 e. The van der Waals surface area contributed by atoms with Crippen LogP contribution in [0, 0.1) is 10.1 Å². The van der Waals surface area contributed by atoms with E-state index >= 15 is 0 Å². The first-order chi connectivity index (χ1) is 16.3. The van der Waals surface area contributed by atoms with Crippen molar-refractivity contribution in [3.05, 3.63) is 110 Å². The molecule has 170 valence electrons. The zero-order valence-electron chi connectivity index (χ0n) is 17.2. The number of rotatable bonds is 6. The molecule has 0 saturated carbocycles. The number of fused-ring (bicyclic) bond motifs is 1. The number of benzene rings is 3. The van der Waals surface area contributed by atoms with Crippen LogP contribution in [-0.4, -0.2) is 27.0 Å². The van der Waals surface area contributed by atoms with Gasteiger partial charge in [0.15, 0.2) is 5.69 Å². The highest BCUT2D eigenvalue weighted by Gasteiger charge is 2.28. The number of H-pyrrole nitrogens is 1. The molecule has 0 aliphatic carbocycles. The molecule has 0 radical (unpaired) electrons. The lowest BCUT2D eigenvalue weighted by Crippen LogP contribution is -2.27. The SMILES string of the molecule is O=C(OC(C(=O)Nc1ccc(Cl)c([N+](=O)[O-])c1)c1ccccc1)c1n[nH]c(=O)c2ccccc12. The lowest BCUT2D eigenvalue weighted by molar-refractivity contribution is -0.384. The van der Waals surface area contributed by atoms with E-state index in [1.807, 2.05) is 0 Å². The van der Waals surface area contributed by atoms with Gasteiger partial charge >= 0.3 is 5.97 Å². The second-order valence-electron chi connectivity index (χ2n) is 7.06. The summed E-state index contributed by atoms with van der Waals surface area (Å²) in [6.07, 6.45) is -1.42. The van der Waals surface area contributed by atoms with Gasteiger partial charge in [0.05, 0.1) is 10.3 Å². The fourth-order valence-corrected chi connectivity index (χ4v) is 3.46. The number of esters is 1. The van der Waals surface area contributed by atoms with E-state index in [2.05, 4.69) is 15.5 Å². The van der Waals surface area contributed by atoms with Crippen molar-refractivity contribution in [1.82, 2.24) is 10.2 Å². The average molecular weight is 479 g/mol. The lowest BCUT2D eigenvalue weighted by atomic mass is 10.1. The Kier molecular flexibility index (Phi) is 6.33. The third-order valence-corrected chi connectivity index (χ3v) is 5.18. The topological polar surface area (TPSA) is 144 Å². The number of aromatic nitrogens is 2. The third kappa shape index (κ3) is 4.62. The molecule has 4 rings (SSSR count). The molecule has 0 aliphatic rings. The Balaban J connectivity index is 1.67. The van der Waals surface area contributed by atoms with Crippen molar-refractivity contribution in [2.75, 3.05) is 5.32 Å². The van der Waals surface area contributed by atoms with Crippen molar-refractivity contribution in [1.29, 1.82) is 0 Å². The summed E-state index contributed by atoms with van der Waals surface area (Å²) in [5.74, 6) is -1.71. The first-order valence-electron chi connectivity index (χ1n) is 9.83. The second-order valence-corrected chi connectivity index (χ2v) is 7.46. The van der Waals surface area contributed by atoms with Crippen LogP contribution in [0.4, 0.5) is 11.4 Å². The number of anilines is 1. The maximum absolute atomic E-state index is 13.1. The Bertz CT molecular complexity index is 1470. The molecule has 2 N–H and O–H groups in total. The van der Waals surface area contributed by atoms with Gasteiger partial charge in [0, 0.05) is 22.7 Å². The largest absolute Gasteiger partial charge is 0.442 e. The molecule has 0 aliphatic heterocycles. The van der Waals surface area contributed by atoms with Crippen molar-refractivity contribution in [3.63, 3.8) is 0 Å². The van der Waals surface area contributed by atoms with Crippen LogP contribution in [-0.2, 0) is 9.53 Å². The lowest BCUT2D eigenvalue weighted by Gasteiger charge is -2.18. The van der Waals surface area contributed by atoms with Gasteiger partial charge in [-0.3, -0.25) is 19.7 Å². The zero-order valence-corrected chi connectivity index (χ0v) is 18.0. The summed E-state index contributed by atoms with van der Waals surface area (Å²) < 4.78 is 5.51. The number of carbonyl (C=O) groups is 2. The molecule has 1 amide bonds. The highest BCUT2D eigenvalue weighted by atomic mass is 35.5. The number of hydrogen-bond donors (Lipinski definition) is 2. The van der Waals surface area contributed by atoms with E-state index in [1.54, 1.807) is 48.5 Å². The summed E-state index contributed by atoms with van der Waals surface area (Å²) in [6, 6.07) is 18.3. The van der Waals surface area contributed by atoms with Gasteiger partial charge in [0.25, 0.3) is 17.2 Å². The fourth-order valence-electron chi connectivity index (χ4n) is 3.27. The molecule has 11 heteroatoms. The Labute approximate surface area is 196 Å². The van der Waals surface area contributed by atoms with Crippen LogP contribution in [0.5, 0.6) is 0 Å². The van der Waals surface area contributed by atoms with Crippen molar-refractivity contribution in [3.8, 4) is 0 Å². The van der Waals surface area contributed by atoms with E-state index in [0.717, 1.165) is 6.07 Å². The smallest absolute Gasteiger partial charge is 0.360 e. The summed E-state index contributed by atoms with van der Waals surface area (Å²) in [5, 5.41) is 20.1. The van der Waals surface area contributed by atoms with Crippen LogP contribution < -0.4 is 10.9 Å². The molecule has 4 aromatic rings. The summed E-state index contributed by atoms with van der Waals surface area (Å²) in [4.78, 5) is 48.6. The number of nitrogens with zero attached hydrogens (tertiary/aromatic N) is 2. The summed E-state index contributed by atoms with van der Waals surface area (Å²) in [5.41, 5.74) is -0.604. The first-order valence-corrected chi connectivity index (χ1v) is 10.2. The van der Waals surface area contributed by atoms with Crippen LogP contribution in [0.25, 0.3) is 10.8 Å². The van der Waals surface area contributed by atoms with Gasteiger partial charge in [-0.25, -0.2) is 9.89 Å². The molecule has 0 saturated heterocycles. The second kappa shape index (κ2) is 9.51. The van der Waals surface area contributed by atoms with E-state index in [0.29, 0.717) is 5.56 Å². The third-order valence-electron chi connectivity index (χ3n) is 4.87. The Morgan fingerprint density at radius 2 is 1.71 bits per heavy atom. The molecule has 1 aromatic heterocycles. The number of ether oxygens (including phenoxy) is 1. The average Bonchev–Trinajstić information content (AvgIpc) is 2.84. The molecule has 0 bridgehead atoms. The maximum atomic E-state index is 13.1. The number of nitrogens with one attached hydrogen (secondary N) is 2. The molecule has 34 heavy (non-hydrogen) atoms. The predicted octanol–water partition coefficient (Wildman–Crippen LogP) is 4.02. The maximum Gasteiger partial charge on any atom is 0.360 e. The number of hydrogen-bond acceptors (Lipinski definition) is 7. The van der Waals surface area contributed by atoms with E-state index in [-0.39, 0.29) is 27.2 Å². The molecule has 3 aromatic carbocycles. The number of carbonyl (C=O) groups excluding carboxylic acids is 2. The van der Waals surface area contributed by atoms with Gasteiger partial charge < -0.3 is 10.1 Å². The summed E-state index contributed by atoms with van der Waals surface area (Å²) in [6.45, 7) is 0. The van der Waals surface area contributed by atoms with Crippen molar-refractivity contribution >= 4 is 45.6 Å². The van der Waals surface area contributed by atoms with Gasteiger partial charge in [0.1, 0.15) is 5.02 Å². The zero-order chi connectivity index (χ0) is 24.2. The number of amides is 1. The van der Waals surface area contributed by atoms with Crippen LogP contribution in [0.1, 0.15) is 22.2 Å². The van der Waals surface area contributed by atoms with Gasteiger partial charge in [-0.05, 0) is 18.2 Å². The van der Waals surface area contributed by atoms with Crippen molar-refractivity contribution in [2.24, 2.45) is 0 Å². The summed E-state index contributed by atoms with van der Waals surface area (Å²) in [7, 11) is 0. The Morgan fingerprint density at radius 3 is 2.41 bits per heavy atom. The monoisotopic (exact) mass is 478 g/mol. The molecule has 10 nitrogen and oxygen atoms in total. The highest BCUT2D eigenvalue weighted by molar-refractivity contribution is 6.32. The quantitative estimate of drug-likeness (QED) is 0.242. The Morgan fingerprint density at radius 1 is 1.03 bits per heavy atom. The van der Waals surface area contributed by atoms with Gasteiger partial charge in [-0.2, -0.15) is 5.10 Å². The van der Waals surface area contributed by atoms with Crippen LogP contribution in [0.3, 0.4) is 0 Å². The van der Waals surface area contributed by atoms with E-state index in [1.165, 1.54) is 18.2 Å². The minimum atomic E-state index is -1.42. The van der Waals surface area contributed by atoms with Crippen LogP contribution in [0.2, 0.25) is 5.02 Å². The van der Waals surface area contributed by atoms with Crippen molar-refractivity contribution < 1.29 is 19.2 Å². The molecule has 1 heterocycles. The molecule has 1 atom stereocenters. The Hall–Kier alpha value is -4.57. The molecular weight excluding hydrogens is 464 g/mol. The highest BCUT2D eigenvalue weighted by Crippen LogP contribution is 2.29. The normalized spacial score (nSPS) is 11.6. The van der Waals surface area contributed by atoms with E-state index in [4.69, 9.17) is 16.3 Å². The van der Waals surface area contributed by atoms with E-state index < -0.39 is 34.2 Å². The van der Waals surface area contributed by atoms with Crippen molar-refractivity contribution in [2.45, 2.75) is 6.10 Å². The first kappa shape index (κ1) is 22.6. The number of nitro groups is 1. The molecule has 0 fully saturated rings. The van der Waals surface area contributed by atoms with Gasteiger partial charge in [-0.15, -0.1) is 0 Å². The predicted molar refractivity (Wildman–Crippen MR) is 124 cm³/mol. The molecule has 1 unspecified atom stereocenters. The summed E-state index contributed by atoms with van der Waals surface area (Å²) >= 11 is 5.83. The standard InChI is InChI=1S/C23H15ClN4O6/c24-17-11-10-14(12-18(17)28(32)33)25-22(30)20(13-6-2-1-3-7-13)34-23(31)19-15-8-4-5-9-16(15)21(29)27-26-19/h1-12,20H,(H,25,30)(H,27,29). The number of aromatic amines is 1. The van der Waals surface area contributed by atoms with Crippen LogP contribution >= 0.6 is 11.6 Å². The fraction of sp³-hybridized carbons (Fsp3) is 0.0435.